The molecule has 0 saturated heterocycles. The number of nitrogens with two attached hydrogens (primary N) is 1. The average molecular weight is 710 g/mol. The van der Waals surface area contributed by atoms with Crippen molar-refractivity contribution in [3.05, 3.63) is 51.0 Å². The van der Waals surface area contributed by atoms with Crippen LogP contribution in [0.25, 0.3) is 17.4 Å². The van der Waals surface area contributed by atoms with Gasteiger partial charge in [-0.2, -0.15) is 10.1 Å². The number of hydrogen-bond donors (Lipinski definition) is 3. The minimum atomic E-state index is -4.22. The van der Waals surface area contributed by atoms with Gasteiger partial charge in [0.2, 0.25) is 5.95 Å². The SMILES string of the molecule is CCCC(=O)OC[C@]1(COP(=O)(N[C@@H](C)C(=O)O[C@@H](C)CCC)Oc2ccc(Br)cc2)C/C1=C/n1cnc2c(=O)[nH]c(N)nc21. The van der Waals surface area contributed by atoms with Gasteiger partial charge in [-0.05, 0) is 62.9 Å². The summed E-state index contributed by atoms with van der Waals surface area (Å²) in [7, 11) is -4.22. The van der Waals surface area contributed by atoms with E-state index < -0.39 is 30.7 Å². The molecule has 1 aromatic carbocycles. The Labute approximate surface area is 268 Å². The van der Waals surface area contributed by atoms with Crippen LogP contribution in [0.1, 0.15) is 59.8 Å². The van der Waals surface area contributed by atoms with E-state index in [0.717, 1.165) is 16.5 Å². The molecule has 0 aliphatic heterocycles. The highest BCUT2D eigenvalue weighted by Crippen LogP contribution is 2.56. The molecule has 14 nitrogen and oxygen atoms in total. The van der Waals surface area contributed by atoms with Gasteiger partial charge in [0.25, 0.3) is 5.56 Å². The fourth-order valence-corrected chi connectivity index (χ4v) is 6.36. The van der Waals surface area contributed by atoms with Crippen LogP contribution in [0.4, 0.5) is 5.95 Å². The van der Waals surface area contributed by atoms with E-state index in [-0.39, 0.29) is 54.6 Å². The van der Waals surface area contributed by atoms with Crippen molar-refractivity contribution in [2.24, 2.45) is 5.41 Å². The van der Waals surface area contributed by atoms with Gasteiger partial charge in [-0.15, -0.1) is 0 Å². The average Bonchev–Trinajstić information content (AvgIpc) is 3.51. The van der Waals surface area contributed by atoms with E-state index in [1.807, 2.05) is 13.8 Å². The lowest BCUT2D eigenvalue weighted by Gasteiger charge is -2.25. The smallest absolute Gasteiger partial charge is 0.459 e. The molecular weight excluding hydrogens is 671 g/mol. The zero-order valence-corrected chi connectivity index (χ0v) is 28.1. The van der Waals surface area contributed by atoms with Crippen molar-refractivity contribution in [1.29, 1.82) is 0 Å². The second kappa shape index (κ2) is 14.7. The van der Waals surface area contributed by atoms with Crippen molar-refractivity contribution in [1.82, 2.24) is 24.6 Å². The first kappa shape index (κ1) is 34.4. The van der Waals surface area contributed by atoms with Gasteiger partial charge in [0, 0.05) is 17.1 Å². The molecule has 0 spiro atoms. The van der Waals surface area contributed by atoms with Crippen LogP contribution in [-0.4, -0.2) is 56.8 Å². The second-order valence-corrected chi connectivity index (χ2v) is 13.6. The summed E-state index contributed by atoms with van der Waals surface area (Å²) in [6.45, 7) is 6.88. The number of aromatic nitrogens is 4. The number of rotatable bonds is 16. The number of fused-ring (bicyclic) bond motifs is 1. The largest absolute Gasteiger partial charge is 0.465 e. The fourth-order valence-electron chi connectivity index (χ4n) is 4.52. The number of H-pyrrole nitrogens is 1. The summed E-state index contributed by atoms with van der Waals surface area (Å²) in [6, 6.07) is 5.58. The Kier molecular flexibility index (Phi) is 11.2. The Morgan fingerprint density at radius 3 is 2.64 bits per heavy atom. The van der Waals surface area contributed by atoms with Crippen LogP contribution >= 0.6 is 23.7 Å². The van der Waals surface area contributed by atoms with Crippen LogP contribution in [-0.2, 0) is 28.2 Å². The lowest BCUT2D eigenvalue weighted by atomic mass is 10.1. The zero-order valence-electron chi connectivity index (χ0n) is 25.6. The number of carbonyl (C=O) groups excluding carboxylic acids is 2. The van der Waals surface area contributed by atoms with E-state index in [2.05, 4.69) is 36.0 Å². The van der Waals surface area contributed by atoms with Gasteiger partial charge in [0.15, 0.2) is 11.2 Å². The molecule has 1 saturated carbocycles. The predicted octanol–water partition coefficient (Wildman–Crippen LogP) is 4.95. The Morgan fingerprint density at radius 2 is 1.96 bits per heavy atom. The molecule has 1 unspecified atom stereocenters. The standard InChI is InChI=1S/C29H38BrN6O8P/c1-5-7-18(3)43-27(39)19(4)35-45(40,44-22-11-9-21(30)10-12-22)42-16-29(15-41-23(37)8-6-2)13-20(29)14-36-17-32-24-25(36)33-28(31)34-26(24)38/h9-12,14,17-19H,5-8,13,15-16H2,1-4H3,(H,35,40)(H3,31,33,34,38)/b20-14-/t18-,19-,29-,45?/m0/s1. The van der Waals surface area contributed by atoms with Crippen LogP contribution in [0.3, 0.4) is 0 Å². The second-order valence-electron chi connectivity index (χ2n) is 11.0. The third kappa shape index (κ3) is 9.03. The number of benzene rings is 1. The number of nitrogen functional groups attached to an aromatic ring is 1. The maximum atomic E-state index is 14.2. The van der Waals surface area contributed by atoms with Crippen molar-refractivity contribution in [2.75, 3.05) is 18.9 Å². The van der Waals surface area contributed by atoms with Gasteiger partial charge in [0.05, 0.1) is 18.1 Å². The molecule has 3 aromatic rings. The Balaban J connectivity index is 1.60. The molecule has 4 rings (SSSR count). The molecule has 4 atom stereocenters. The third-order valence-electron chi connectivity index (χ3n) is 7.06. The summed E-state index contributed by atoms with van der Waals surface area (Å²) in [5.74, 6) is -0.826. The monoisotopic (exact) mass is 708 g/mol. The molecule has 1 aliphatic rings. The minimum absolute atomic E-state index is 0.0646. The molecule has 16 heteroatoms. The molecule has 2 heterocycles. The van der Waals surface area contributed by atoms with Crippen molar-refractivity contribution in [3.8, 4) is 5.75 Å². The highest BCUT2D eigenvalue weighted by molar-refractivity contribution is 9.10. The molecule has 0 radical (unpaired) electrons. The molecule has 1 fully saturated rings. The molecule has 0 bridgehead atoms. The van der Waals surface area contributed by atoms with E-state index in [1.54, 1.807) is 37.4 Å². The predicted molar refractivity (Wildman–Crippen MR) is 171 cm³/mol. The van der Waals surface area contributed by atoms with Crippen LogP contribution < -0.4 is 20.9 Å². The highest BCUT2D eigenvalue weighted by atomic mass is 79.9. The lowest BCUT2D eigenvalue weighted by molar-refractivity contribution is -0.150. The summed E-state index contributed by atoms with van der Waals surface area (Å²) in [4.78, 5) is 48.1. The van der Waals surface area contributed by atoms with E-state index in [4.69, 9.17) is 24.3 Å². The number of anilines is 1. The summed E-state index contributed by atoms with van der Waals surface area (Å²) >= 11 is 3.36. The summed E-state index contributed by atoms with van der Waals surface area (Å²) in [5, 5.41) is 2.71. The number of nitrogens with zero attached hydrogens (tertiary/aromatic N) is 3. The van der Waals surface area contributed by atoms with Crippen LogP contribution in [0.2, 0.25) is 0 Å². The molecule has 45 heavy (non-hydrogen) atoms. The molecule has 0 amide bonds. The number of ether oxygens (including phenoxy) is 2. The van der Waals surface area contributed by atoms with Gasteiger partial charge in [-0.3, -0.25) is 28.5 Å². The minimum Gasteiger partial charge on any atom is -0.465 e. The number of halogens is 1. The Morgan fingerprint density at radius 1 is 1.22 bits per heavy atom. The summed E-state index contributed by atoms with van der Waals surface area (Å²) in [6.07, 6.45) is 5.55. The lowest BCUT2D eigenvalue weighted by Crippen LogP contribution is -2.37. The first-order valence-corrected chi connectivity index (χ1v) is 17.0. The highest BCUT2D eigenvalue weighted by Gasteiger charge is 2.52. The molecule has 2 aromatic heterocycles. The number of nitrogens with one attached hydrogen (secondary N) is 2. The van der Waals surface area contributed by atoms with Gasteiger partial charge >= 0.3 is 19.7 Å². The quantitative estimate of drug-likeness (QED) is 0.134. The fraction of sp³-hybridized carbons (Fsp3) is 0.483. The van der Waals surface area contributed by atoms with Crippen molar-refractivity contribution < 1.29 is 32.7 Å². The van der Waals surface area contributed by atoms with Crippen molar-refractivity contribution in [2.45, 2.75) is 71.9 Å². The number of aromatic amines is 1. The van der Waals surface area contributed by atoms with E-state index in [0.29, 0.717) is 19.3 Å². The topological polar surface area (TPSA) is 190 Å². The first-order chi connectivity index (χ1) is 21.4. The third-order valence-corrected chi connectivity index (χ3v) is 9.21. The Bertz CT molecular complexity index is 1660. The van der Waals surface area contributed by atoms with Crippen LogP contribution in [0, 0.1) is 5.41 Å². The van der Waals surface area contributed by atoms with Crippen LogP contribution in [0.5, 0.6) is 5.75 Å². The van der Waals surface area contributed by atoms with Gasteiger partial charge in [0.1, 0.15) is 24.7 Å². The molecule has 244 valence electrons. The normalized spacial score (nSPS) is 19.5. The van der Waals surface area contributed by atoms with E-state index in [1.165, 1.54) is 17.8 Å². The number of carbonyl (C=O) groups is 2. The van der Waals surface area contributed by atoms with Gasteiger partial charge < -0.3 is 19.7 Å². The maximum absolute atomic E-state index is 14.2. The molecule has 1 aliphatic carbocycles. The van der Waals surface area contributed by atoms with Crippen molar-refractivity contribution in [3.63, 3.8) is 0 Å². The first-order valence-electron chi connectivity index (χ1n) is 14.6. The molecule has 4 N–H and O–H groups in total. The summed E-state index contributed by atoms with van der Waals surface area (Å²) in [5.41, 5.74) is 5.46. The number of hydrogen-bond acceptors (Lipinski definition) is 11. The maximum Gasteiger partial charge on any atom is 0.459 e. The van der Waals surface area contributed by atoms with Crippen molar-refractivity contribution >= 4 is 58.9 Å². The number of esters is 2. The van der Waals surface area contributed by atoms with E-state index in [9.17, 15) is 18.9 Å². The summed E-state index contributed by atoms with van der Waals surface area (Å²) < 4.78 is 39.4. The molecular formula is C29H38BrN6O8P. The van der Waals surface area contributed by atoms with Gasteiger partial charge in [-0.1, -0.05) is 36.2 Å². The Hall–Kier alpha value is -3.52. The van der Waals surface area contributed by atoms with Crippen LogP contribution in [0.15, 0.2) is 45.4 Å². The van der Waals surface area contributed by atoms with E-state index >= 15 is 0 Å². The number of imidazole rings is 1. The zero-order chi connectivity index (χ0) is 32.8. The van der Waals surface area contributed by atoms with Gasteiger partial charge in [-0.25, -0.2) is 9.55 Å².